The van der Waals surface area contributed by atoms with Gasteiger partial charge in [0.25, 0.3) is 5.91 Å². The van der Waals surface area contributed by atoms with Crippen molar-refractivity contribution in [1.82, 2.24) is 19.5 Å². The van der Waals surface area contributed by atoms with E-state index in [0.717, 1.165) is 6.42 Å². The molecule has 0 N–H and O–H groups in total. The number of fused-ring (bicyclic) bond motifs is 1. The number of halogens is 1. The Bertz CT molecular complexity index is 924. The normalized spacial score (nSPS) is 16.9. The molecule has 4 rings (SSSR count). The average Bonchev–Trinajstić information content (AvgIpc) is 2.98. The highest BCUT2D eigenvalue weighted by atomic mass is 19.1. The van der Waals surface area contributed by atoms with Crippen LogP contribution in [0.15, 0.2) is 42.6 Å². The molecule has 24 heavy (non-hydrogen) atoms. The zero-order valence-corrected chi connectivity index (χ0v) is 13.0. The van der Waals surface area contributed by atoms with Crippen LogP contribution in [0.5, 0.6) is 5.88 Å². The van der Waals surface area contributed by atoms with E-state index in [0.29, 0.717) is 29.3 Å². The molecule has 0 bridgehead atoms. The minimum absolute atomic E-state index is 0.220. The summed E-state index contributed by atoms with van der Waals surface area (Å²) in [7, 11) is 1.51. The van der Waals surface area contributed by atoms with Crippen molar-refractivity contribution < 1.29 is 13.9 Å². The summed E-state index contributed by atoms with van der Waals surface area (Å²) in [5.41, 5.74) is 1.43. The van der Waals surface area contributed by atoms with Gasteiger partial charge in [-0.25, -0.2) is 13.9 Å². The Labute approximate surface area is 137 Å². The standard InChI is InChI=1S/C17H15FN4O2/c1-24-16-7-6-15-19-10-14(22(15)20-16)17(23)21-9-8-13(21)11-4-2-3-5-12(11)18/h2-7,10,13H,8-9H2,1H3. The molecule has 1 fully saturated rings. The molecular formula is C17H15FN4O2. The van der Waals surface area contributed by atoms with Crippen LogP contribution in [0.1, 0.15) is 28.5 Å². The zero-order chi connectivity index (χ0) is 16.7. The Morgan fingerprint density at radius 1 is 1.29 bits per heavy atom. The number of carbonyl (C=O) groups is 1. The summed E-state index contributed by atoms with van der Waals surface area (Å²) in [6.07, 6.45) is 2.22. The van der Waals surface area contributed by atoms with Crippen LogP contribution in [-0.4, -0.2) is 39.1 Å². The van der Waals surface area contributed by atoms with Gasteiger partial charge in [-0.2, -0.15) is 0 Å². The highest BCUT2D eigenvalue weighted by Gasteiger charge is 2.36. The van der Waals surface area contributed by atoms with Crippen LogP contribution in [0.25, 0.3) is 5.65 Å². The smallest absolute Gasteiger partial charge is 0.274 e. The van der Waals surface area contributed by atoms with E-state index in [2.05, 4.69) is 10.1 Å². The molecule has 1 aliphatic heterocycles. The van der Waals surface area contributed by atoms with Gasteiger partial charge in [0.1, 0.15) is 5.82 Å². The SMILES string of the molecule is COc1ccc2ncc(C(=O)N3CCC3c3ccccc3F)n2n1. The van der Waals surface area contributed by atoms with Gasteiger partial charge >= 0.3 is 0 Å². The molecule has 1 saturated heterocycles. The Hall–Kier alpha value is -2.96. The molecule has 1 amide bonds. The second-order valence-corrected chi connectivity index (χ2v) is 5.61. The van der Waals surface area contributed by atoms with Crippen LogP contribution in [0.3, 0.4) is 0 Å². The minimum Gasteiger partial charge on any atom is -0.480 e. The maximum absolute atomic E-state index is 14.0. The lowest BCUT2D eigenvalue weighted by Gasteiger charge is -2.41. The van der Waals surface area contributed by atoms with Gasteiger partial charge in [-0.05, 0) is 18.6 Å². The molecular weight excluding hydrogens is 311 g/mol. The summed E-state index contributed by atoms with van der Waals surface area (Å²) >= 11 is 0. The number of likely N-dealkylation sites (tertiary alicyclic amines) is 1. The van der Waals surface area contributed by atoms with Crippen molar-refractivity contribution in [1.29, 1.82) is 0 Å². The molecule has 6 nitrogen and oxygen atoms in total. The molecule has 7 heteroatoms. The van der Waals surface area contributed by atoms with Crippen molar-refractivity contribution in [3.8, 4) is 5.88 Å². The number of carbonyl (C=O) groups excluding carboxylic acids is 1. The second-order valence-electron chi connectivity index (χ2n) is 5.61. The van der Waals surface area contributed by atoms with Crippen molar-refractivity contribution in [2.45, 2.75) is 12.5 Å². The van der Waals surface area contributed by atoms with Crippen molar-refractivity contribution in [2.75, 3.05) is 13.7 Å². The van der Waals surface area contributed by atoms with Crippen LogP contribution >= 0.6 is 0 Å². The third-order valence-corrected chi connectivity index (χ3v) is 4.31. The van der Waals surface area contributed by atoms with Crippen LogP contribution in [0, 0.1) is 5.82 Å². The Kier molecular flexibility index (Phi) is 3.41. The monoisotopic (exact) mass is 326 g/mol. The molecule has 1 aromatic carbocycles. The lowest BCUT2D eigenvalue weighted by atomic mass is 9.94. The molecule has 1 unspecified atom stereocenters. The Morgan fingerprint density at radius 2 is 2.12 bits per heavy atom. The number of aromatic nitrogens is 3. The maximum atomic E-state index is 14.0. The van der Waals surface area contributed by atoms with Gasteiger partial charge < -0.3 is 9.64 Å². The molecule has 1 aliphatic rings. The highest BCUT2D eigenvalue weighted by molar-refractivity contribution is 5.94. The number of nitrogens with zero attached hydrogens (tertiary/aromatic N) is 4. The predicted octanol–water partition coefficient (Wildman–Crippen LogP) is 2.46. The van der Waals surface area contributed by atoms with Gasteiger partial charge in [0.05, 0.1) is 19.3 Å². The molecule has 0 spiro atoms. The first-order valence-electron chi connectivity index (χ1n) is 7.63. The largest absolute Gasteiger partial charge is 0.480 e. The molecule has 3 aromatic rings. The fourth-order valence-corrected chi connectivity index (χ4v) is 2.96. The third-order valence-electron chi connectivity index (χ3n) is 4.31. The zero-order valence-electron chi connectivity index (χ0n) is 13.0. The van der Waals surface area contributed by atoms with E-state index in [1.807, 2.05) is 0 Å². The molecule has 2 aromatic heterocycles. The summed E-state index contributed by atoms with van der Waals surface area (Å²) < 4.78 is 20.6. The summed E-state index contributed by atoms with van der Waals surface area (Å²) in [5, 5.41) is 4.24. The first kappa shape index (κ1) is 14.6. The van der Waals surface area contributed by atoms with Crippen LogP contribution < -0.4 is 4.74 Å². The number of benzene rings is 1. The fourth-order valence-electron chi connectivity index (χ4n) is 2.96. The number of methoxy groups -OCH3 is 1. The van der Waals surface area contributed by atoms with E-state index in [1.54, 1.807) is 35.2 Å². The molecule has 3 heterocycles. The highest BCUT2D eigenvalue weighted by Crippen LogP contribution is 2.35. The number of amides is 1. The molecule has 0 saturated carbocycles. The number of hydrogen-bond donors (Lipinski definition) is 0. The van der Waals surface area contributed by atoms with Gasteiger partial charge in [-0.1, -0.05) is 18.2 Å². The first-order chi connectivity index (χ1) is 11.7. The van der Waals surface area contributed by atoms with Crippen LogP contribution in [0.4, 0.5) is 4.39 Å². The summed E-state index contributed by atoms with van der Waals surface area (Å²) in [6.45, 7) is 0.578. The summed E-state index contributed by atoms with van der Waals surface area (Å²) in [4.78, 5) is 18.7. The van der Waals surface area contributed by atoms with Gasteiger partial charge in [0.15, 0.2) is 11.3 Å². The van der Waals surface area contributed by atoms with E-state index in [1.165, 1.54) is 23.9 Å². The lowest BCUT2D eigenvalue weighted by Crippen LogP contribution is -2.45. The number of hydrogen-bond acceptors (Lipinski definition) is 4. The van der Waals surface area contributed by atoms with Crippen molar-refractivity contribution >= 4 is 11.6 Å². The van der Waals surface area contributed by atoms with E-state index in [9.17, 15) is 9.18 Å². The fraction of sp³-hybridized carbons (Fsp3) is 0.235. The van der Waals surface area contributed by atoms with Gasteiger partial charge in [0.2, 0.25) is 5.88 Å². The van der Waals surface area contributed by atoms with Crippen molar-refractivity contribution in [3.63, 3.8) is 0 Å². The van der Waals surface area contributed by atoms with Gasteiger partial charge in [-0.15, -0.1) is 5.10 Å². The van der Waals surface area contributed by atoms with Crippen molar-refractivity contribution in [2.24, 2.45) is 0 Å². The molecule has 1 atom stereocenters. The molecule has 122 valence electrons. The Balaban J connectivity index is 1.68. The lowest BCUT2D eigenvalue weighted by molar-refractivity contribution is 0.0444. The molecule has 0 aliphatic carbocycles. The van der Waals surface area contributed by atoms with E-state index < -0.39 is 0 Å². The summed E-state index contributed by atoms with van der Waals surface area (Å²) in [5.74, 6) is -0.121. The first-order valence-corrected chi connectivity index (χ1v) is 7.63. The Morgan fingerprint density at radius 3 is 2.83 bits per heavy atom. The topological polar surface area (TPSA) is 59.7 Å². The van der Waals surface area contributed by atoms with Crippen LogP contribution in [-0.2, 0) is 0 Å². The van der Waals surface area contributed by atoms with E-state index in [4.69, 9.17) is 4.74 Å². The molecule has 0 radical (unpaired) electrons. The number of rotatable bonds is 3. The van der Waals surface area contributed by atoms with Crippen LogP contribution in [0.2, 0.25) is 0 Å². The number of imidazole rings is 1. The van der Waals surface area contributed by atoms with Gasteiger partial charge in [0, 0.05) is 18.2 Å². The third kappa shape index (κ3) is 2.20. The van der Waals surface area contributed by atoms with E-state index >= 15 is 0 Å². The average molecular weight is 326 g/mol. The second kappa shape index (κ2) is 5.59. The predicted molar refractivity (Wildman–Crippen MR) is 84.3 cm³/mol. The maximum Gasteiger partial charge on any atom is 0.274 e. The van der Waals surface area contributed by atoms with E-state index in [-0.39, 0.29) is 17.8 Å². The number of ether oxygens (including phenoxy) is 1. The summed E-state index contributed by atoms with van der Waals surface area (Å²) in [6, 6.07) is 9.71. The minimum atomic E-state index is -0.294. The van der Waals surface area contributed by atoms with Gasteiger partial charge in [-0.3, -0.25) is 4.79 Å². The quantitative estimate of drug-likeness (QED) is 0.742. The van der Waals surface area contributed by atoms with Crippen molar-refractivity contribution in [3.05, 3.63) is 59.7 Å².